The van der Waals surface area contributed by atoms with Crippen LogP contribution in [0.1, 0.15) is 35.2 Å². The van der Waals surface area contributed by atoms with Crippen LogP contribution in [-0.2, 0) is 0 Å². The molecule has 3 rings (SSSR count). The number of nitrogens with zero attached hydrogens (tertiary/aromatic N) is 3. The first-order valence-corrected chi connectivity index (χ1v) is 7.78. The Balaban J connectivity index is 1.67. The molecular weight excluding hydrogens is 295 g/mol. The molecule has 1 fully saturated rings. The quantitative estimate of drug-likeness (QED) is 0.945. The van der Waals surface area contributed by atoms with Crippen molar-refractivity contribution in [1.29, 1.82) is 0 Å². The van der Waals surface area contributed by atoms with Crippen molar-refractivity contribution in [2.45, 2.75) is 26.2 Å². The van der Waals surface area contributed by atoms with Gasteiger partial charge in [0.05, 0.1) is 18.1 Å². The van der Waals surface area contributed by atoms with Gasteiger partial charge >= 0.3 is 0 Å². The first-order valence-electron chi connectivity index (χ1n) is 7.78. The van der Waals surface area contributed by atoms with E-state index in [1.54, 1.807) is 31.5 Å². The highest BCUT2D eigenvalue weighted by Gasteiger charge is 2.14. The van der Waals surface area contributed by atoms with Gasteiger partial charge in [-0.25, -0.2) is 14.4 Å². The zero-order valence-corrected chi connectivity index (χ0v) is 13.1. The van der Waals surface area contributed by atoms with Crippen molar-refractivity contribution in [2.24, 2.45) is 0 Å². The van der Waals surface area contributed by atoms with Crippen LogP contribution >= 0.6 is 0 Å². The summed E-state index contributed by atoms with van der Waals surface area (Å²) in [5.74, 6) is -0.0864. The molecule has 120 valence electrons. The lowest BCUT2D eigenvalue weighted by atomic mass is 10.1. The Bertz CT molecular complexity index is 696. The largest absolute Gasteiger partial charge is 0.341 e. The smallest absolute Gasteiger partial charge is 0.255 e. The topological polar surface area (TPSA) is 58.1 Å². The van der Waals surface area contributed by atoms with E-state index in [1.165, 1.54) is 12.5 Å². The van der Waals surface area contributed by atoms with E-state index in [1.807, 2.05) is 0 Å². The molecule has 1 amide bonds. The van der Waals surface area contributed by atoms with Gasteiger partial charge in [-0.15, -0.1) is 0 Å². The summed E-state index contributed by atoms with van der Waals surface area (Å²) < 4.78 is 13.5. The van der Waals surface area contributed by atoms with Crippen LogP contribution in [0, 0.1) is 12.7 Å². The van der Waals surface area contributed by atoms with Gasteiger partial charge in [0.1, 0.15) is 5.82 Å². The number of carbonyl (C=O) groups excluding carboxylic acids is 1. The second-order valence-corrected chi connectivity index (χ2v) is 5.74. The van der Waals surface area contributed by atoms with Crippen LogP contribution in [0.3, 0.4) is 0 Å². The fourth-order valence-corrected chi connectivity index (χ4v) is 2.58. The summed E-state index contributed by atoms with van der Waals surface area (Å²) in [6.07, 6.45) is 6.72. The third-order valence-electron chi connectivity index (χ3n) is 3.97. The summed E-state index contributed by atoms with van der Waals surface area (Å²) in [4.78, 5) is 22.9. The van der Waals surface area contributed by atoms with Crippen LogP contribution in [0.2, 0.25) is 0 Å². The van der Waals surface area contributed by atoms with Crippen LogP contribution < -0.4 is 10.2 Å². The Morgan fingerprint density at radius 3 is 2.52 bits per heavy atom. The molecule has 1 aliphatic rings. The van der Waals surface area contributed by atoms with Gasteiger partial charge in [0.2, 0.25) is 5.95 Å². The number of aryl methyl sites for hydroxylation is 1. The number of carbonyl (C=O) groups is 1. The highest BCUT2D eigenvalue weighted by molar-refractivity contribution is 6.04. The van der Waals surface area contributed by atoms with Gasteiger partial charge in [0.15, 0.2) is 0 Å². The molecule has 0 atom stereocenters. The van der Waals surface area contributed by atoms with Crippen molar-refractivity contribution in [3.63, 3.8) is 0 Å². The predicted octanol–water partition coefficient (Wildman–Crippen LogP) is 3.17. The molecule has 2 aromatic rings. The maximum Gasteiger partial charge on any atom is 0.255 e. The molecule has 1 saturated heterocycles. The standard InChI is InChI=1S/C17H19FN4O/c1-12-5-6-13(9-15(12)18)16(23)21-14-10-19-17(20-11-14)22-7-3-2-4-8-22/h5-6,9-11H,2-4,7-8H2,1H3,(H,21,23). The lowest BCUT2D eigenvalue weighted by molar-refractivity contribution is 0.102. The second kappa shape index (κ2) is 6.73. The van der Waals surface area contributed by atoms with Gasteiger partial charge in [-0.1, -0.05) is 6.07 Å². The van der Waals surface area contributed by atoms with Crippen LogP contribution in [0.5, 0.6) is 0 Å². The molecule has 0 saturated carbocycles. The molecule has 1 aromatic carbocycles. The Morgan fingerprint density at radius 2 is 1.87 bits per heavy atom. The van der Waals surface area contributed by atoms with Crippen molar-refractivity contribution in [1.82, 2.24) is 9.97 Å². The fraction of sp³-hybridized carbons (Fsp3) is 0.353. The van der Waals surface area contributed by atoms with E-state index in [0.29, 0.717) is 17.2 Å². The Morgan fingerprint density at radius 1 is 1.17 bits per heavy atom. The van der Waals surface area contributed by atoms with Crippen molar-refractivity contribution >= 4 is 17.5 Å². The van der Waals surface area contributed by atoms with E-state index in [9.17, 15) is 9.18 Å². The molecule has 1 aliphatic heterocycles. The van der Waals surface area contributed by atoms with Crippen LogP contribution in [-0.4, -0.2) is 29.0 Å². The molecule has 0 radical (unpaired) electrons. The predicted molar refractivity (Wildman–Crippen MR) is 87.2 cm³/mol. The maximum atomic E-state index is 13.5. The van der Waals surface area contributed by atoms with Gasteiger partial charge in [-0.2, -0.15) is 0 Å². The number of aromatic nitrogens is 2. The summed E-state index contributed by atoms with van der Waals surface area (Å²) in [6.45, 7) is 3.59. The van der Waals surface area contributed by atoms with E-state index in [4.69, 9.17) is 0 Å². The monoisotopic (exact) mass is 314 g/mol. The van der Waals surface area contributed by atoms with Crippen molar-refractivity contribution < 1.29 is 9.18 Å². The number of rotatable bonds is 3. The molecule has 0 aliphatic carbocycles. The molecule has 0 unspecified atom stereocenters. The summed E-state index contributed by atoms with van der Waals surface area (Å²) in [5, 5.41) is 2.69. The number of nitrogens with one attached hydrogen (secondary N) is 1. The van der Waals surface area contributed by atoms with Gasteiger partial charge in [-0.05, 0) is 43.9 Å². The normalized spacial score (nSPS) is 14.6. The van der Waals surface area contributed by atoms with Gasteiger partial charge < -0.3 is 10.2 Å². The van der Waals surface area contributed by atoms with E-state index in [-0.39, 0.29) is 11.5 Å². The molecule has 0 spiro atoms. The van der Waals surface area contributed by atoms with Crippen molar-refractivity contribution in [3.05, 3.63) is 47.5 Å². The third-order valence-corrected chi connectivity index (χ3v) is 3.97. The summed E-state index contributed by atoms with van der Waals surface area (Å²) >= 11 is 0. The van der Waals surface area contributed by atoms with E-state index in [0.717, 1.165) is 25.9 Å². The third kappa shape index (κ3) is 3.64. The first kappa shape index (κ1) is 15.4. The first-order chi connectivity index (χ1) is 11.1. The minimum absolute atomic E-state index is 0.271. The number of piperidine rings is 1. The van der Waals surface area contributed by atoms with E-state index in [2.05, 4.69) is 20.2 Å². The second-order valence-electron chi connectivity index (χ2n) is 5.74. The molecule has 5 nitrogen and oxygen atoms in total. The zero-order chi connectivity index (χ0) is 16.2. The van der Waals surface area contributed by atoms with E-state index < -0.39 is 5.82 Å². The Hall–Kier alpha value is -2.50. The van der Waals surface area contributed by atoms with Crippen molar-refractivity contribution in [2.75, 3.05) is 23.3 Å². The van der Waals surface area contributed by atoms with Gasteiger partial charge in [0, 0.05) is 18.7 Å². The highest BCUT2D eigenvalue weighted by Crippen LogP contribution is 2.17. The average molecular weight is 314 g/mol. The molecule has 23 heavy (non-hydrogen) atoms. The minimum Gasteiger partial charge on any atom is -0.341 e. The van der Waals surface area contributed by atoms with Crippen LogP contribution in [0.4, 0.5) is 16.0 Å². The molecule has 1 N–H and O–H groups in total. The number of hydrogen-bond donors (Lipinski definition) is 1. The molecule has 6 heteroatoms. The summed E-state index contributed by atoms with van der Waals surface area (Å²) in [7, 11) is 0. The van der Waals surface area contributed by atoms with Gasteiger partial charge in [-0.3, -0.25) is 4.79 Å². The summed E-state index contributed by atoms with van der Waals surface area (Å²) in [5.41, 5.74) is 1.28. The number of hydrogen-bond acceptors (Lipinski definition) is 4. The van der Waals surface area contributed by atoms with Crippen molar-refractivity contribution in [3.8, 4) is 0 Å². The minimum atomic E-state index is -0.394. The fourth-order valence-electron chi connectivity index (χ4n) is 2.58. The highest BCUT2D eigenvalue weighted by atomic mass is 19.1. The number of anilines is 2. The Kier molecular flexibility index (Phi) is 4.50. The molecule has 2 heterocycles. The van der Waals surface area contributed by atoms with Gasteiger partial charge in [0.25, 0.3) is 5.91 Å². The summed E-state index contributed by atoms with van der Waals surface area (Å²) in [6, 6.07) is 4.41. The Labute approximate surface area is 134 Å². The SMILES string of the molecule is Cc1ccc(C(=O)Nc2cnc(N3CCCCC3)nc2)cc1F. The number of amides is 1. The number of halogens is 1. The zero-order valence-electron chi connectivity index (χ0n) is 13.1. The molecule has 1 aromatic heterocycles. The lowest BCUT2D eigenvalue weighted by Crippen LogP contribution is -2.30. The lowest BCUT2D eigenvalue weighted by Gasteiger charge is -2.26. The molecule has 0 bridgehead atoms. The van der Waals surface area contributed by atoms with E-state index >= 15 is 0 Å². The van der Waals surface area contributed by atoms with Crippen LogP contribution in [0.25, 0.3) is 0 Å². The van der Waals surface area contributed by atoms with Crippen LogP contribution in [0.15, 0.2) is 30.6 Å². The average Bonchev–Trinajstić information content (AvgIpc) is 2.59. The maximum absolute atomic E-state index is 13.5. The molecular formula is C17H19FN4O. The number of benzene rings is 1.